The maximum Gasteiger partial charge on any atom is 0.338 e. The van der Waals surface area contributed by atoms with E-state index in [9.17, 15) is 9.59 Å². The van der Waals surface area contributed by atoms with Crippen molar-refractivity contribution in [3.8, 4) is 0 Å². The second-order valence-electron chi connectivity index (χ2n) is 7.05. The number of hydrogen-bond donors (Lipinski definition) is 2. The quantitative estimate of drug-likeness (QED) is 0.420. The third-order valence-electron chi connectivity index (χ3n) is 5.07. The van der Waals surface area contributed by atoms with Crippen LogP contribution in [-0.2, 0) is 9.53 Å². The van der Waals surface area contributed by atoms with Gasteiger partial charge in [-0.05, 0) is 68.9 Å². The molecule has 1 unspecified atom stereocenters. The predicted octanol–water partition coefficient (Wildman–Crippen LogP) is 5.33. The minimum Gasteiger partial charge on any atom is -0.463 e. The van der Waals surface area contributed by atoms with E-state index >= 15 is 0 Å². The monoisotopic (exact) mass is 491 g/mol. The first-order valence-corrected chi connectivity index (χ1v) is 11.3. The zero-order valence-electron chi connectivity index (χ0n) is 17.9. The van der Waals surface area contributed by atoms with Gasteiger partial charge in [0.15, 0.2) is 5.11 Å². The average Bonchev–Trinajstić information content (AvgIpc) is 2.75. The highest BCUT2D eigenvalue weighted by Gasteiger charge is 2.34. The van der Waals surface area contributed by atoms with Gasteiger partial charge in [0.05, 0.1) is 28.3 Å². The first-order chi connectivity index (χ1) is 15.3. The van der Waals surface area contributed by atoms with Crippen LogP contribution in [0.5, 0.6) is 0 Å². The van der Waals surface area contributed by atoms with E-state index in [0.29, 0.717) is 38.5 Å². The Bertz CT molecular complexity index is 1100. The number of ether oxygens (including phenoxy) is 1. The maximum atomic E-state index is 12.8. The van der Waals surface area contributed by atoms with E-state index in [2.05, 4.69) is 10.6 Å². The molecule has 1 amide bonds. The van der Waals surface area contributed by atoms with E-state index in [1.807, 2.05) is 24.8 Å². The minimum atomic E-state index is -0.508. The Morgan fingerprint density at radius 3 is 2.56 bits per heavy atom. The highest BCUT2D eigenvalue weighted by molar-refractivity contribution is 7.80. The fourth-order valence-corrected chi connectivity index (χ4v) is 4.20. The molecular formula is C23H23Cl2N3O3S. The van der Waals surface area contributed by atoms with Gasteiger partial charge in [0.2, 0.25) is 0 Å². The van der Waals surface area contributed by atoms with Crippen molar-refractivity contribution in [1.29, 1.82) is 0 Å². The van der Waals surface area contributed by atoms with Crippen LogP contribution in [0.15, 0.2) is 53.7 Å². The van der Waals surface area contributed by atoms with Crippen LogP contribution >= 0.6 is 35.4 Å². The van der Waals surface area contributed by atoms with Gasteiger partial charge in [-0.2, -0.15) is 0 Å². The van der Waals surface area contributed by atoms with E-state index in [0.717, 1.165) is 11.3 Å². The van der Waals surface area contributed by atoms with E-state index in [4.69, 9.17) is 40.2 Å². The van der Waals surface area contributed by atoms with E-state index < -0.39 is 12.0 Å². The molecule has 0 spiro atoms. The van der Waals surface area contributed by atoms with Crippen molar-refractivity contribution in [2.24, 2.45) is 0 Å². The molecule has 0 aliphatic carbocycles. The first kappa shape index (κ1) is 24.0. The molecular weight excluding hydrogens is 469 g/mol. The number of anilines is 1. The van der Waals surface area contributed by atoms with Gasteiger partial charge in [0, 0.05) is 23.5 Å². The summed E-state index contributed by atoms with van der Waals surface area (Å²) in [6, 6.07) is 11.4. The topological polar surface area (TPSA) is 70.7 Å². The van der Waals surface area contributed by atoms with Crippen LogP contribution in [0.4, 0.5) is 5.69 Å². The van der Waals surface area contributed by atoms with Gasteiger partial charge in [0.1, 0.15) is 0 Å². The number of rotatable bonds is 6. The van der Waals surface area contributed by atoms with E-state index in [1.54, 1.807) is 37.3 Å². The van der Waals surface area contributed by atoms with Crippen molar-refractivity contribution < 1.29 is 14.3 Å². The molecule has 6 nitrogen and oxygen atoms in total. The lowest BCUT2D eigenvalue weighted by atomic mass is 9.94. The number of carbonyl (C=O) groups excluding carboxylic acids is 2. The van der Waals surface area contributed by atoms with Crippen LogP contribution in [-0.4, -0.2) is 35.0 Å². The molecule has 168 valence electrons. The number of carbonyl (C=O) groups is 2. The summed E-state index contributed by atoms with van der Waals surface area (Å²) < 4.78 is 5.31. The second-order valence-corrected chi connectivity index (χ2v) is 8.26. The number of nitrogens with one attached hydrogen (secondary N) is 2. The van der Waals surface area contributed by atoms with Crippen LogP contribution in [0, 0.1) is 0 Å². The Balaban J connectivity index is 1.93. The summed E-state index contributed by atoms with van der Waals surface area (Å²) in [5.41, 5.74) is 2.92. The normalized spacial score (nSPS) is 16.0. The molecule has 1 atom stereocenters. The van der Waals surface area contributed by atoms with Gasteiger partial charge in [-0.15, -0.1) is 0 Å². The van der Waals surface area contributed by atoms with Crippen LogP contribution in [0.2, 0.25) is 10.0 Å². The lowest BCUT2D eigenvalue weighted by molar-refractivity contribution is -0.139. The average molecular weight is 492 g/mol. The lowest BCUT2D eigenvalue weighted by Crippen LogP contribution is -2.47. The number of nitrogens with zero attached hydrogens (tertiary/aromatic N) is 1. The van der Waals surface area contributed by atoms with E-state index in [1.165, 1.54) is 6.07 Å². The van der Waals surface area contributed by atoms with Crippen molar-refractivity contribution in [3.63, 3.8) is 0 Å². The number of hydrogen-bond acceptors (Lipinski definition) is 4. The summed E-state index contributed by atoms with van der Waals surface area (Å²) in [5.74, 6) is -0.740. The molecule has 1 aliphatic rings. The zero-order valence-corrected chi connectivity index (χ0v) is 20.2. The molecule has 32 heavy (non-hydrogen) atoms. The summed E-state index contributed by atoms with van der Waals surface area (Å²) in [6.45, 7) is 6.46. The SMILES string of the molecule is CCOC(=O)C1=C(C)N(CC)C(=S)NC1c1cccc(NC(=O)c2ccc(Cl)c(Cl)c2)c1. The van der Waals surface area contributed by atoms with Crippen molar-refractivity contribution in [1.82, 2.24) is 10.2 Å². The van der Waals surface area contributed by atoms with Gasteiger partial charge in [-0.25, -0.2) is 4.79 Å². The molecule has 0 bridgehead atoms. The summed E-state index contributed by atoms with van der Waals surface area (Å²) >= 11 is 17.5. The summed E-state index contributed by atoms with van der Waals surface area (Å²) in [7, 11) is 0. The second kappa shape index (κ2) is 10.3. The van der Waals surface area contributed by atoms with Crippen LogP contribution in [0.25, 0.3) is 0 Å². The first-order valence-electron chi connectivity index (χ1n) is 10.1. The molecule has 9 heteroatoms. The highest BCUT2D eigenvalue weighted by atomic mass is 35.5. The van der Waals surface area contributed by atoms with Gasteiger partial charge >= 0.3 is 5.97 Å². The molecule has 2 N–H and O–H groups in total. The van der Waals surface area contributed by atoms with E-state index in [-0.39, 0.29) is 12.5 Å². The standard InChI is InChI=1S/C23H23Cl2N3O3S/c1-4-28-13(3)19(22(30)31-5-2)20(27-23(28)32)14-7-6-8-16(11-14)26-21(29)15-9-10-17(24)18(25)12-15/h6-12,20H,4-5H2,1-3H3,(H,26,29)(H,27,32). The fourth-order valence-electron chi connectivity index (χ4n) is 3.52. The molecule has 1 aliphatic heterocycles. The van der Waals surface area contributed by atoms with Gasteiger partial charge in [-0.1, -0.05) is 35.3 Å². The minimum absolute atomic E-state index is 0.263. The lowest BCUT2D eigenvalue weighted by Gasteiger charge is -2.37. The van der Waals surface area contributed by atoms with Crippen molar-refractivity contribution in [2.75, 3.05) is 18.5 Å². The Morgan fingerprint density at radius 2 is 1.91 bits per heavy atom. The smallest absolute Gasteiger partial charge is 0.338 e. The molecule has 0 aromatic heterocycles. The summed E-state index contributed by atoms with van der Waals surface area (Å²) in [6.07, 6.45) is 0. The molecule has 2 aromatic rings. The number of benzene rings is 2. The van der Waals surface area contributed by atoms with Crippen molar-refractivity contribution in [3.05, 3.63) is 74.9 Å². The number of amides is 1. The highest BCUT2D eigenvalue weighted by Crippen LogP contribution is 2.32. The molecule has 0 saturated heterocycles. The molecule has 1 heterocycles. The Morgan fingerprint density at radius 1 is 1.16 bits per heavy atom. The Kier molecular flexibility index (Phi) is 7.77. The largest absolute Gasteiger partial charge is 0.463 e. The fraction of sp³-hybridized carbons (Fsp3) is 0.261. The van der Waals surface area contributed by atoms with Gasteiger partial charge in [0.25, 0.3) is 5.91 Å². The Labute approximate surface area is 202 Å². The van der Waals surface area contributed by atoms with Crippen LogP contribution in [0.1, 0.15) is 42.7 Å². The number of halogens is 2. The maximum absolute atomic E-state index is 12.8. The molecule has 0 saturated carbocycles. The van der Waals surface area contributed by atoms with Gasteiger partial charge in [-0.3, -0.25) is 4.79 Å². The number of allylic oxidation sites excluding steroid dienone is 1. The third kappa shape index (κ3) is 5.06. The van der Waals surface area contributed by atoms with Crippen molar-refractivity contribution in [2.45, 2.75) is 26.8 Å². The third-order valence-corrected chi connectivity index (χ3v) is 6.14. The molecule has 2 aromatic carbocycles. The van der Waals surface area contributed by atoms with Crippen LogP contribution < -0.4 is 10.6 Å². The van der Waals surface area contributed by atoms with Crippen molar-refractivity contribution >= 4 is 58.1 Å². The molecule has 0 radical (unpaired) electrons. The summed E-state index contributed by atoms with van der Waals surface area (Å²) in [4.78, 5) is 27.3. The van der Waals surface area contributed by atoms with Gasteiger partial charge < -0.3 is 20.3 Å². The molecule has 0 fully saturated rings. The number of esters is 1. The zero-order chi connectivity index (χ0) is 23.4. The molecule has 3 rings (SSSR count). The summed E-state index contributed by atoms with van der Waals surface area (Å²) in [5, 5.41) is 7.28. The van der Waals surface area contributed by atoms with Crippen LogP contribution in [0.3, 0.4) is 0 Å². The number of thiocarbonyl (C=S) groups is 1. The Hall–Kier alpha value is -2.61. The predicted molar refractivity (Wildman–Crippen MR) is 131 cm³/mol.